The second-order valence-corrected chi connectivity index (χ2v) is 6.65. The van der Waals surface area contributed by atoms with Crippen LogP contribution in [-0.2, 0) is 16.4 Å². The molecule has 1 aliphatic heterocycles. The quantitative estimate of drug-likeness (QED) is 0.601. The van der Waals surface area contributed by atoms with Crippen LogP contribution in [0.5, 0.6) is 0 Å². The summed E-state index contributed by atoms with van der Waals surface area (Å²) in [7, 11) is -3.38. The summed E-state index contributed by atoms with van der Waals surface area (Å²) in [5.41, 5.74) is 6.21. The number of pyridine rings is 1. The maximum atomic E-state index is 12.3. The normalized spacial score (nSPS) is 20.5. The van der Waals surface area contributed by atoms with E-state index in [4.69, 9.17) is 11.1 Å². The fourth-order valence-corrected chi connectivity index (χ4v) is 4.00. The summed E-state index contributed by atoms with van der Waals surface area (Å²) in [6, 6.07) is 4.98. The van der Waals surface area contributed by atoms with E-state index in [0.29, 0.717) is 19.4 Å². The van der Waals surface area contributed by atoms with Gasteiger partial charge in [-0.2, -0.15) is 4.31 Å². The van der Waals surface area contributed by atoms with Crippen molar-refractivity contribution in [3.8, 4) is 0 Å². The van der Waals surface area contributed by atoms with Crippen LogP contribution in [0.3, 0.4) is 0 Å². The molecule has 0 spiro atoms. The third-order valence-electron chi connectivity index (χ3n) is 3.26. The highest BCUT2D eigenvalue weighted by Gasteiger charge is 2.35. The van der Waals surface area contributed by atoms with Gasteiger partial charge in [-0.05, 0) is 25.0 Å². The topological polar surface area (TPSA) is 100 Å². The molecule has 6 nitrogen and oxygen atoms in total. The van der Waals surface area contributed by atoms with Crippen molar-refractivity contribution < 1.29 is 8.42 Å². The van der Waals surface area contributed by atoms with Gasteiger partial charge in [0.15, 0.2) is 0 Å². The molecule has 19 heavy (non-hydrogen) atoms. The van der Waals surface area contributed by atoms with Crippen molar-refractivity contribution >= 4 is 15.9 Å². The zero-order valence-electron chi connectivity index (χ0n) is 10.6. The average molecular weight is 282 g/mol. The van der Waals surface area contributed by atoms with Crippen molar-refractivity contribution in [1.29, 1.82) is 5.41 Å². The van der Waals surface area contributed by atoms with Gasteiger partial charge in [-0.15, -0.1) is 0 Å². The SMILES string of the molecule is N=C(N)C1CCCN1S(=O)(=O)CCc1ccccn1. The first-order chi connectivity index (χ1) is 9.00. The van der Waals surface area contributed by atoms with Crippen LogP contribution in [0.1, 0.15) is 18.5 Å². The molecule has 3 N–H and O–H groups in total. The first kappa shape index (κ1) is 14.0. The number of nitrogens with two attached hydrogens (primary N) is 1. The van der Waals surface area contributed by atoms with Crippen LogP contribution in [0.25, 0.3) is 0 Å². The van der Waals surface area contributed by atoms with Crippen LogP contribution >= 0.6 is 0 Å². The van der Waals surface area contributed by atoms with Gasteiger partial charge in [0, 0.05) is 24.9 Å². The van der Waals surface area contributed by atoms with Crippen molar-refractivity contribution in [2.75, 3.05) is 12.3 Å². The van der Waals surface area contributed by atoms with Crippen LogP contribution in [0.4, 0.5) is 0 Å². The van der Waals surface area contributed by atoms with E-state index in [0.717, 1.165) is 12.1 Å². The molecular formula is C12H18N4O2S. The minimum atomic E-state index is -3.38. The Morgan fingerprint density at radius 2 is 2.32 bits per heavy atom. The van der Waals surface area contributed by atoms with Crippen LogP contribution in [0.15, 0.2) is 24.4 Å². The predicted octanol–water partition coefficient (Wildman–Crippen LogP) is 0.354. The minimum absolute atomic E-state index is 0.00773. The fourth-order valence-electron chi connectivity index (χ4n) is 2.28. The third kappa shape index (κ3) is 3.30. The van der Waals surface area contributed by atoms with E-state index >= 15 is 0 Å². The van der Waals surface area contributed by atoms with E-state index in [1.54, 1.807) is 12.3 Å². The molecule has 1 unspecified atom stereocenters. The maximum absolute atomic E-state index is 12.3. The molecule has 1 fully saturated rings. The number of nitrogens with zero attached hydrogens (tertiary/aromatic N) is 2. The summed E-state index contributed by atoms with van der Waals surface area (Å²) in [6.07, 6.45) is 3.42. The summed E-state index contributed by atoms with van der Waals surface area (Å²) >= 11 is 0. The Kier molecular flexibility index (Phi) is 4.16. The molecule has 1 aromatic heterocycles. The Hall–Kier alpha value is -1.47. The molecule has 2 heterocycles. The van der Waals surface area contributed by atoms with Crippen LogP contribution in [-0.4, -0.2) is 41.9 Å². The van der Waals surface area contributed by atoms with E-state index < -0.39 is 16.1 Å². The molecule has 7 heteroatoms. The van der Waals surface area contributed by atoms with E-state index in [-0.39, 0.29) is 11.6 Å². The van der Waals surface area contributed by atoms with Crippen LogP contribution < -0.4 is 5.73 Å². The lowest BCUT2D eigenvalue weighted by atomic mass is 10.2. The van der Waals surface area contributed by atoms with Gasteiger partial charge in [0.25, 0.3) is 0 Å². The lowest BCUT2D eigenvalue weighted by Gasteiger charge is -2.22. The second-order valence-electron chi connectivity index (χ2n) is 4.61. The third-order valence-corrected chi connectivity index (χ3v) is 5.13. The molecule has 0 bridgehead atoms. The van der Waals surface area contributed by atoms with Gasteiger partial charge in [0.05, 0.1) is 11.8 Å². The van der Waals surface area contributed by atoms with Crippen LogP contribution in [0.2, 0.25) is 0 Å². The van der Waals surface area contributed by atoms with E-state index in [1.807, 2.05) is 12.1 Å². The molecule has 104 valence electrons. The van der Waals surface area contributed by atoms with E-state index in [2.05, 4.69) is 4.98 Å². The number of hydrogen-bond donors (Lipinski definition) is 2. The first-order valence-corrected chi connectivity index (χ1v) is 7.85. The molecule has 1 aromatic rings. The highest BCUT2D eigenvalue weighted by Crippen LogP contribution is 2.21. The Bertz CT molecular complexity index is 544. The van der Waals surface area contributed by atoms with Crippen molar-refractivity contribution in [3.63, 3.8) is 0 Å². The fraction of sp³-hybridized carbons (Fsp3) is 0.500. The number of sulfonamides is 1. The lowest BCUT2D eigenvalue weighted by molar-refractivity contribution is 0.443. The van der Waals surface area contributed by atoms with Crippen molar-refractivity contribution in [3.05, 3.63) is 30.1 Å². The van der Waals surface area contributed by atoms with Gasteiger partial charge in [-0.3, -0.25) is 10.4 Å². The summed E-state index contributed by atoms with van der Waals surface area (Å²) in [4.78, 5) is 4.11. The summed E-state index contributed by atoms with van der Waals surface area (Å²) in [6.45, 7) is 0.453. The highest BCUT2D eigenvalue weighted by atomic mass is 32.2. The van der Waals surface area contributed by atoms with Gasteiger partial charge in [-0.25, -0.2) is 8.42 Å². The number of rotatable bonds is 5. The molecule has 0 aliphatic carbocycles. The predicted molar refractivity (Wildman–Crippen MR) is 73.4 cm³/mol. The maximum Gasteiger partial charge on any atom is 0.215 e. The standard InChI is InChI=1S/C12H18N4O2S/c13-12(14)11-5-3-8-16(11)19(17,18)9-6-10-4-1-2-7-15-10/h1-2,4,7,11H,3,5-6,8-9H2,(H3,13,14). The highest BCUT2D eigenvalue weighted by molar-refractivity contribution is 7.89. The van der Waals surface area contributed by atoms with E-state index in [9.17, 15) is 8.42 Å². The smallest absolute Gasteiger partial charge is 0.215 e. The zero-order chi connectivity index (χ0) is 13.9. The number of aromatic nitrogens is 1. The molecule has 1 atom stereocenters. The van der Waals surface area contributed by atoms with E-state index in [1.165, 1.54) is 4.31 Å². The van der Waals surface area contributed by atoms with Gasteiger partial charge >= 0.3 is 0 Å². The Morgan fingerprint density at radius 3 is 2.95 bits per heavy atom. The monoisotopic (exact) mass is 282 g/mol. The van der Waals surface area contributed by atoms with Crippen molar-refractivity contribution in [1.82, 2.24) is 9.29 Å². The molecule has 1 aliphatic rings. The summed E-state index contributed by atoms with van der Waals surface area (Å²) in [5, 5.41) is 7.46. The Morgan fingerprint density at radius 1 is 1.53 bits per heavy atom. The van der Waals surface area contributed by atoms with Crippen molar-refractivity contribution in [2.24, 2.45) is 5.73 Å². The second kappa shape index (κ2) is 5.66. The average Bonchev–Trinajstić information content (AvgIpc) is 2.88. The number of nitrogens with one attached hydrogen (secondary N) is 1. The molecule has 0 saturated carbocycles. The largest absolute Gasteiger partial charge is 0.386 e. The molecule has 0 radical (unpaired) electrons. The molecule has 1 saturated heterocycles. The summed E-state index contributed by atoms with van der Waals surface area (Å²) in [5.74, 6) is -0.0627. The number of aryl methyl sites for hydroxylation is 1. The Labute approximate surface area is 113 Å². The van der Waals surface area contributed by atoms with Gasteiger partial charge < -0.3 is 5.73 Å². The van der Waals surface area contributed by atoms with Gasteiger partial charge in [0.2, 0.25) is 10.0 Å². The van der Waals surface area contributed by atoms with Crippen LogP contribution in [0, 0.1) is 5.41 Å². The molecule has 0 aromatic carbocycles. The molecular weight excluding hydrogens is 264 g/mol. The number of hydrogen-bond acceptors (Lipinski definition) is 4. The first-order valence-electron chi connectivity index (χ1n) is 6.24. The van der Waals surface area contributed by atoms with Gasteiger partial charge in [0.1, 0.15) is 5.84 Å². The zero-order valence-corrected chi connectivity index (χ0v) is 11.4. The number of amidine groups is 1. The lowest BCUT2D eigenvalue weighted by Crippen LogP contribution is -2.44. The minimum Gasteiger partial charge on any atom is -0.386 e. The van der Waals surface area contributed by atoms with Crippen molar-refractivity contribution in [2.45, 2.75) is 25.3 Å². The Balaban J connectivity index is 2.04. The summed E-state index contributed by atoms with van der Waals surface area (Å²) < 4.78 is 25.9. The van der Waals surface area contributed by atoms with Gasteiger partial charge in [-0.1, -0.05) is 6.07 Å². The molecule has 0 amide bonds. The molecule has 2 rings (SSSR count).